The molecule has 0 bridgehead atoms. The van der Waals surface area contributed by atoms with Crippen molar-refractivity contribution < 1.29 is 9.53 Å². The number of benzene rings is 1. The van der Waals surface area contributed by atoms with Gasteiger partial charge in [0.05, 0.1) is 6.61 Å². The minimum absolute atomic E-state index is 0.135. The predicted molar refractivity (Wildman–Crippen MR) is 82.3 cm³/mol. The van der Waals surface area contributed by atoms with Gasteiger partial charge in [0, 0.05) is 12.1 Å². The number of nitrogens with one attached hydrogen (secondary N) is 2. The van der Waals surface area contributed by atoms with E-state index in [2.05, 4.69) is 10.6 Å². The van der Waals surface area contributed by atoms with Crippen LogP contribution in [0.3, 0.4) is 0 Å². The first-order valence-corrected chi connectivity index (χ1v) is 7.04. The number of carbonyl (C=O) groups excluding carboxylic acids is 1. The van der Waals surface area contributed by atoms with Crippen molar-refractivity contribution in [1.29, 1.82) is 0 Å². The molecule has 4 heteroatoms. The third-order valence-electron chi connectivity index (χ3n) is 2.75. The van der Waals surface area contributed by atoms with E-state index in [0.29, 0.717) is 13.2 Å². The predicted octanol–water partition coefficient (Wildman–Crippen LogP) is 3.17. The molecule has 0 radical (unpaired) electrons. The SMILES string of the molecule is Cc1cccc(C)c1OCCCNC(=O)NC(C)(C)C. The number of para-hydroxylation sites is 1. The van der Waals surface area contributed by atoms with Gasteiger partial charge in [-0.25, -0.2) is 4.79 Å². The molecule has 20 heavy (non-hydrogen) atoms. The number of hydrogen-bond acceptors (Lipinski definition) is 2. The second-order valence-corrected chi connectivity index (χ2v) is 6.05. The number of carbonyl (C=O) groups is 1. The number of hydrogen-bond donors (Lipinski definition) is 2. The molecule has 1 rings (SSSR count). The zero-order chi connectivity index (χ0) is 15.2. The lowest BCUT2D eigenvalue weighted by molar-refractivity contribution is 0.230. The average molecular weight is 278 g/mol. The van der Waals surface area contributed by atoms with Gasteiger partial charge in [-0.15, -0.1) is 0 Å². The molecule has 0 heterocycles. The Kier molecular flexibility index (Phi) is 5.86. The highest BCUT2D eigenvalue weighted by Gasteiger charge is 2.12. The fourth-order valence-electron chi connectivity index (χ4n) is 1.86. The molecular weight excluding hydrogens is 252 g/mol. The van der Waals surface area contributed by atoms with E-state index in [1.807, 2.05) is 52.8 Å². The van der Waals surface area contributed by atoms with Gasteiger partial charge in [0.1, 0.15) is 5.75 Å². The fourth-order valence-corrected chi connectivity index (χ4v) is 1.86. The summed E-state index contributed by atoms with van der Waals surface area (Å²) in [6.07, 6.45) is 0.783. The maximum atomic E-state index is 11.5. The summed E-state index contributed by atoms with van der Waals surface area (Å²) in [6, 6.07) is 5.97. The second kappa shape index (κ2) is 7.17. The standard InChI is InChI=1S/C16H26N2O2/c1-12-8-6-9-13(2)14(12)20-11-7-10-17-15(19)18-16(3,4)5/h6,8-9H,7,10-11H2,1-5H3,(H2,17,18,19). The van der Waals surface area contributed by atoms with Crippen LogP contribution in [-0.4, -0.2) is 24.7 Å². The van der Waals surface area contributed by atoms with Gasteiger partial charge in [-0.2, -0.15) is 0 Å². The molecule has 0 aromatic heterocycles. The van der Waals surface area contributed by atoms with Gasteiger partial charge < -0.3 is 15.4 Å². The smallest absolute Gasteiger partial charge is 0.315 e. The van der Waals surface area contributed by atoms with E-state index in [4.69, 9.17) is 4.74 Å². The minimum atomic E-state index is -0.209. The summed E-state index contributed by atoms with van der Waals surface area (Å²) in [5.74, 6) is 0.951. The van der Waals surface area contributed by atoms with Crippen molar-refractivity contribution in [2.45, 2.75) is 46.6 Å². The molecule has 0 saturated heterocycles. The van der Waals surface area contributed by atoms with Crippen LogP contribution in [0.15, 0.2) is 18.2 Å². The van der Waals surface area contributed by atoms with E-state index in [9.17, 15) is 4.79 Å². The summed E-state index contributed by atoms with van der Waals surface area (Å²) in [5, 5.41) is 5.68. The van der Waals surface area contributed by atoms with Crippen molar-refractivity contribution in [3.05, 3.63) is 29.3 Å². The number of ether oxygens (including phenoxy) is 1. The van der Waals surface area contributed by atoms with E-state index >= 15 is 0 Å². The van der Waals surface area contributed by atoms with E-state index in [1.165, 1.54) is 0 Å². The summed E-state index contributed by atoms with van der Waals surface area (Å²) in [6.45, 7) is 11.1. The highest BCUT2D eigenvalue weighted by atomic mass is 16.5. The van der Waals surface area contributed by atoms with Gasteiger partial charge in [-0.05, 0) is 52.2 Å². The zero-order valence-electron chi connectivity index (χ0n) is 13.2. The number of aryl methyl sites for hydroxylation is 2. The first kappa shape index (κ1) is 16.3. The topological polar surface area (TPSA) is 50.4 Å². The third-order valence-corrected chi connectivity index (χ3v) is 2.75. The van der Waals surface area contributed by atoms with E-state index in [1.54, 1.807) is 0 Å². The van der Waals surface area contributed by atoms with E-state index in [0.717, 1.165) is 23.3 Å². The van der Waals surface area contributed by atoms with Crippen LogP contribution in [0.2, 0.25) is 0 Å². The van der Waals surface area contributed by atoms with Crippen LogP contribution in [0, 0.1) is 13.8 Å². The van der Waals surface area contributed by atoms with Crippen LogP contribution >= 0.6 is 0 Å². The van der Waals surface area contributed by atoms with Gasteiger partial charge in [0.2, 0.25) is 0 Å². The van der Waals surface area contributed by atoms with Crippen LogP contribution in [0.1, 0.15) is 38.3 Å². The Balaban J connectivity index is 2.24. The number of rotatable bonds is 5. The Labute approximate surface area is 121 Å². The van der Waals surface area contributed by atoms with Gasteiger partial charge in [0.25, 0.3) is 0 Å². The molecule has 0 spiro atoms. The molecule has 0 fully saturated rings. The largest absolute Gasteiger partial charge is 0.493 e. The van der Waals surface area contributed by atoms with Crippen molar-refractivity contribution in [3.63, 3.8) is 0 Å². The van der Waals surface area contributed by atoms with Crippen LogP contribution in [-0.2, 0) is 0 Å². The van der Waals surface area contributed by atoms with Gasteiger partial charge in [-0.3, -0.25) is 0 Å². The highest BCUT2D eigenvalue weighted by molar-refractivity contribution is 5.74. The quantitative estimate of drug-likeness (QED) is 0.813. The summed E-state index contributed by atoms with van der Waals surface area (Å²) >= 11 is 0. The van der Waals surface area contributed by atoms with Crippen molar-refractivity contribution in [2.24, 2.45) is 0 Å². The van der Waals surface area contributed by atoms with Crippen molar-refractivity contribution in [1.82, 2.24) is 10.6 Å². The monoisotopic (exact) mass is 278 g/mol. The minimum Gasteiger partial charge on any atom is -0.493 e. The molecular formula is C16H26N2O2. The molecule has 0 aliphatic rings. The molecule has 0 aliphatic heterocycles. The van der Waals surface area contributed by atoms with Crippen molar-refractivity contribution in [3.8, 4) is 5.75 Å². The number of amides is 2. The lowest BCUT2D eigenvalue weighted by atomic mass is 10.1. The fraction of sp³-hybridized carbons (Fsp3) is 0.562. The lowest BCUT2D eigenvalue weighted by Gasteiger charge is -2.20. The molecule has 1 aromatic rings. The first-order chi connectivity index (χ1) is 9.29. The van der Waals surface area contributed by atoms with Crippen molar-refractivity contribution >= 4 is 6.03 Å². The Morgan fingerprint density at radius 1 is 1.20 bits per heavy atom. The first-order valence-electron chi connectivity index (χ1n) is 7.04. The van der Waals surface area contributed by atoms with Crippen LogP contribution in [0.4, 0.5) is 4.79 Å². The lowest BCUT2D eigenvalue weighted by Crippen LogP contribution is -2.46. The van der Waals surface area contributed by atoms with Gasteiger partial charge in [0.15, 0.2) is 0 Å². The molecule has 112 valence electrons. The van der Waals surface area contributed by atoms with Crippen LogP contribution < -0.4 is 15.4 Å². The highest BCUT2D eigenvalue weighted by Crippen LogP contribution is 2.22. The van der Waals surface area contributed by atoms with Gasteiger partial charge >= 0.3 is 6.03 Å². The maximum absolute atomic E-state index is 11.5. The summed E-state index contributed by atoms with van der Waals surface area (Å²) in [4.78, 5) is 11.5. The molecule has 0 atom stereocenters. The number of urea groups is 1. The normalized spacial score (nSPS) is 11.1. The summed E-state index contributed by atoms with van der Waals surface area (Å²) in [7, 11) is 0. The maximum Gasteiger partial charge on any atom is 0.315 e. The Morgan fingerprint density at radius 2 is 1.80 bits per heavy atom. The molecule has 2 amide bonds. The van der Waals surface area contributed by atoms with E-state index in [-0.39, 0.29) is 11.6 Å². The zero-order valence-corrected chi connectivity index (χ0v) is 13.2. The molecule has 0 aliphatic carbocycles. The Bertz CT molecular complexity index is 430. The molecule has 1 aromatic carbocycles. The van der Waals surface area contributed by atoms with Gasteiger partial charge in [-0.1, -0.05) is 18.2 Å². The molecule has 0 saturated carbocycles. The third kappa shape index (κ3) is 5.95. The molecule has 4 nitrogen and oxygen atoms in total. The molecule has 0 unspecified atom stereocenters. The second-order valence-electron chi connectivity index (χ2n) is 6.05. The van der Waals surface area contributed by atoms with E-state index < -0.39 is 0 Å². The Morgan fingerprint density at radius 3 is 2.35 bits per heavy atom. The van der Waals surface area contributed by atoms with Crippen molar-refractivity contribution in [2.75, 3.05) is 13.2 Å². The molecule has 2 N–H and O–H groups in total. The van der Waals surface area contributed by atoms with Crippen LogP contribution in [0.5, 0.6) is 5.75 Å². The van der Waals surface area contributed by atoms with Crippen LogP contribution in [0.25, 0.3) is 0 Å². The average Bonchev–Trinajstić information content (AvgIpc) is 2.29. The Hall–Kier alpha value is -1.71. The summed E-state index contributed by atoms with van der Waals surface area (Å²) in [5.41, 5.74) is 2.07. The summed E-state index contributed by atoms with van der Waals surface area (Å²) < 4.78 is 5.78.